The second kappa shape index (κ2) is 5.45. The first-order chi connectivity index (χ1) is 7.97. The van der Waals surface area contributed by atoms with Gasteiger partial charge in [-0.1, -0.05) is 30.3 Å². The summed E-state index contributed by atoms with van der Waals surface area (Å²) in [5.74, 6) is -1.45. The van der Waals surface area contributed by atoms with Crippen molar-refractivity contribution in [3.63, 3.8) is 0 Å². The summed E-state index contributed by atoms with van der Waals surface area (Å²) in [5.41, 5.74) is 4.43. The molecule has 0 aliphatic carbocycles. The van der Waals surface area contributed by atoms with Gasteiger partial charge in [0.05, 0.1) is 0 Å². The average molecular weight is 236 g/mol. The van der Waals surface area contributed by atoms with E-state index in [1.165, 1.54) is 0 Å². The quantitative estimate of drug-likeness (QED) is 0.668. The first kappa shape index (κ1) is 13.2. The van der Waals surface area contributed by atoms with Crippen LogP contribution in [-0.2, 0) is 15.1 Å². The Balaban J connectivity index is 2.83. The third-order valence-electron chi connectivity index (χ3n) is 2.63. The highest BCUT2D eigenvalue weighted by molar-refractivity contribution is 5.80. The van der Waals surface area contributed by atoms with Gasteiger partial charge in [-0.05, 0) is 12.5 Å². The number of carbonyl (C=O) groups is 2. The molecule has 0 aromatic heterocycles. The van der Waals surface area contributed by atoms with Gasteiger partial charge in [0.1, 0.15) is 5.54 Å². The highest BCUT2D eigenvalue weighted by atomic mass is 16.4. The summed E-state index contributed by atoms with van der Waals surface area (Å²) in [5, 5.41) is 12.1. The van der Waals surface area contributed by atoms with Gasteiger partial charge in [0.25, 0.3) is 0 Å². The number of nitrogens with two attached hydrogens (primary N) is 1. The van der Waals surface area contributed by atoms with Gasteiger partial charge < -0.3 is 10.8 Å². The molecular formula is C12H16N2O3. The first-order valence-corrected chi connectivity index (χ1v) is 5.29. The minimum absolute atomic E-state index is 0.107. The lowest BCUT2D eigenvalue weighted by molar-refractivity contribution is -0.144. The van der Waals surface area contributed by atoms with Crippen LogP contribution in [0.2, 0.25) is 0 Å². The molecule has 1 atom stereocenters. The molecule has 0 spiro atoms. The van der Waals surface area contributed by atoms with Gasteiger partial charge in [-0.3, -0.25) is 10.1 Å². The Bertz CT molecular complexity index is 405. The van der Waals surface area contributed by atoms with Crippen LogP contribution in [0.5, 0.6) is 0 Å². The molecule has 4 N–H and O–H groups in total. The Kier molecular flexibility index (Phi) is 4.23. The first-order valence-electron chi connectivity index (χ1n) is 5.29. The fourth-order valence-electron chi connectivity index (χ4n) is 1.51. The van der Waals surface area contributed by atoms with Gasteiger partial charge in [0.2, 0.25) is 5.91 Å². The molecule has 1 aromatic carbocycles. The minimum atomic E-state index is -1.21. The zero-order chi connectivity index (χ0) is 12.9. The Morgan fingerprint density at radius 1 is 1.35 bits per heavy atom. The molecule has 0 fully saturated rings. The Morgan fingerprint density at radius 3 is 2.41 bits per heavy atom. The van der Waals surface area contributed by atoms with E-state index in [1.54, 1.807) is 31.2 Å². The Hall–Kier alpha value is -1.88. The molecule has 17 heavy (non-hydrogen) atoms. The number of hydrogen-bond donors (Lipinski definition) is 3. The molecule has 5 heteroatoms. The van der Waals surface area contributed by atoms with E-state index in [9.17, 15) is 14.7 Å². The fourth-order valence-corrected chi connectivity index (χ4v) is 1.51. The van der Waals surface area contributed by atoms with E-state index in [1.807, 2.05) is 6.07 Å². The number of rotatable bonds is 6. The SMILES string of the molecule is CC(NCCC(N)=O)(C(=O)O)c1ccccc1. The minimum Gasteiger partial charge on any atom is -0.480 e. The molecule has 0 saturated carbocycles. The molecule has 0 aliphatic rings. The van der Waals surface area contributed by atoms with Crippen molar-refractivity contribution in [2.75, 3.05) is 6.54 Å². The number of carbonyl (C=O) groups excluding carboxylic acids is 1. The van der Waals surface area contributed by atoms with Gasteiger partial charge in [-0.25, -0.2) is 4.79 Å². The molecule has 1 amide bonds. The molecule has 1 aromatic rings. The van der Waals surface area contributed by atoms with Crippen LogP contribution in [0, 0.1) is 0 Å². The van der Waals surface area contributed by atoms with E-state index in [4.69, 9.17) is 5.73 Å². The van der Waals surface area contributed by atoms with Gasteiger partial charge in [0.15, 0.2) is 0 Å². The molecule has 0 aliphatic heterocycles. The maximum atomic E-state index is 11.3. The zero-order valence-corrected chi connectivity index (χ0v) is 9.64. The smallest absolute Gasteiger partial charge is 0.328 e. The van der Waals surface area contributed by atoms with Crippen LogP contribution < -0.4 is 11.1 Å². The second-order valence-electron chi connectivity index (χ2n) is 3.94. The van der Waals surface area contributed by atoms with E-state index in [-0.39, 0.29) is 13.0 Å². The van der Waals surface area contributed by atoms with Crippen molar-refractivity contribution in [3.8, 4) is 0 Å². The average Bonchev–Trinajstić information content (AvgIpc) is 2.29. The summed E-state index contributed by atoms with van der Waals surface area (Å²) < 4.78 is 0. The van der Waals surface area contributed by atoms with E-state index in [0.717, 1.165) is 0 Å². The van der Waals surface area contributed by atoms with Crippen molar-refractivity contribution in [1.82, 2.24) is 5.32 Å². The Labute approximate surface area is 99.6 Å². The standard InChI is InChI=1S/C12H16N2O3/c1-12(11(16)17,14-8-7-10(13)15)9-5-3-2-4-6-9/h2-6,14H,7-8H2,1H3,(H2,13,15)(H,16,17). The van der Waals surface area contributed by atoms with Gasteiger partial charge in [-0.2, -0.15) is 0 Å². The third-order valence-corrected chi connectivity index (χ3v) is 2.63. The van der Waals surface area contributed by atoms with E-state index >= 15 is 0 Å². The van der Waals surface area contributed by atoms with Crippen molar-refractivity contribution in [2.24, 2.45) is 5.73 Å². The molecule has 0 saturated heterocycles. The highest BCUT2D eigenvalue weighted by Gasteiger charge is 2.34. The van der Waals surface area contributed by atoms with Crippen LogP contribution in [0.1, 0.15) is 18.9 Å². The number of benzene rings is 1. The van der Waals surface area contributed by atoms with Crippen molar-refractivity contribution in [3.05, 3.63) is 35.9 Å². The maximum absolute atomic E-state index is 11.3. The molecule has 0 heterocycles. The number of aliphatic carboxylic acids is 1. The summed E-state index contributed by atoms with van der Waals surface area (Å²) in [6, 6.07) is 8.81. The molecule has 1 rings (SSSR count). The number of carboxylic acid groups (broad SMARTS) is 1. The summed E-state index contributed by atoms with van der Waals surface area (Å²) in [7, 11) is 0. The normalized spacial score (nSPS) is 13.9. The van der Waals surface area contributed by atoms with Gasteiger partial charge in [0, 0.05) is 13.0 Å². The summed E-state index contributed by atoms with van der Waals surface area (Å²) in [6.45, 7) is 1.79. The van der Waals surface area contributed by atoms with Crippen LogP contribution in [0.3, 0.4) is 0 Å². The van der Waals surface area contributed by atoms with E-state index in [0.29, 0.717) is 5.56 Å². The lowest BCUT2D eigenvalue weighted by Crippen LogP contribution is -2.47. The van der Waals surface area contributed by atoms with E-state index < -0.39 is 17.4 Å². The predicted octanol–water partition coefficient (Wildman–Crippen LogP) is 0.451. The monoisotopic (exact) mass is 236 g/mol. The van der Waals surface area contributed by atoms with Crippen LogP contribution >= 0.6 is 0 Å². The number of hydrogen-bond acceptors (Lipinski definition) is 3. The van der Waals surface area contributed by atoms with Crippen LogP contribution in [0.4, 0.5) is 0 Å². The number of carboxylic acids is 1. The van der Waals surface area contributed by atoms with Crippen molar-refractivity contribution in [1.29, 1.82) is 0 Å². The molecule has 92 valence electrons. The molecule has 0 radical (unpaired) electrons. The number of primary amides is 1. The van der Waals surface area contributed by atoms with Crippen LogP contribution in [-0.4, -0.2) is 23.5 Å². The lowest BCUT2D eigenvalue weighted by atomic mass is 9.92. The lowest BCUT2D eigenvalue weighted by Gasteiger charge is -2.26. The maximum Gasteiger partial charge on any atom is 0.328 e. The summed E-state index contributed by atoms with van der Waals surface area (Å²) in [6.07, 6.45) is 0.107. The van der Waals surface area contributed by atoms with Gasteiger partial charge in [-0.15, -0.1) is 0 Å². The van der Waals surface area contributed by atoms with Crippen LogP contribution in [0.15, 0.2) is 30.3 Å². The number of nitrogens with one attached hydrogen (secondary N) is 1. The number of amides is 1. The summed E-state index contributed by atoms with van der Waals surface area (Å²) >= 11 is 0. The Morgan fingerprint density at radius 2 is 1.94 bits per heavy atom. The fraction of sp³-hybridized carbons (Fsp3) is 0.333. The van der Waals surface area contributed by atoms with Gasteiger partial charge >= 0.3 is 5.97 Å². The van der Waals surface area contributed by atoms with E-state index in [2.05, 4.69) is 5.32 Å². The molecule has 0 bridgehead atoms. The molecule has 1 unspecified atom stereocenters. The largest absolute Gasteiger partial charge is 0.480 e. The summed E-state index contributed by atoms with van der Waals surface area (Å²) in [4.78, 5) is 21.9. The zero-order valence-electron chi connectivity index (χ0n) is 9.64. The second-order valence-corrected chi connectivity index (χ2v) is 3.94. The molecular weight excluding hydrogens is 220 g/mol. The highest BCUT2D eigenvalue weighted by Crippen LogP contribution is 2.20. The topological polar surface area (TPSA) is 92.4 Å². The van der Waals surface area contributed by atoms with Crippen LogP contribution in [0.25, 0.3) is 0 Å². The molecule has 5 nitrogen and oxygen atoms in total. The predicted molar refractivity (Wildman–Crippen MR) is 63.2 cm³/mol. The van der Waals surface area contributed by atoms with Crippen molar-refractivity contribution < 1.29 is 14.7 Å². The van der Waals surface area contributed by atoms with Crippen molar-refractivity contribution in [2.45, 2.75) is 18.9 Å². The van der Waals surface area contributed by atoms with Crippen molar-refractivity contribution >= 4 is 11.9 Å². The third kappa shape index (κ3) is 3.29.